The quantitative estimate of drug-likeness (QED) is 0.293. The molecule has 19 heteroatoms. The van der Waals surface area contributed by atoms with Gasteiger partial charge in [0.05, 0.1) is 4.87 Å². The Bertz CT molecular complexity index is 1030. The van der Waals surface area contributed by atoms with Crippen LogP contribution in [0.25, 0.3) is 4.72 Å². The summed E-state index contributed by atoms with van der Waals surface area (Å²) in [4.78, 5) is -5.00. The van der Waals surface area contributed by atoms with Gasteiger partial charge < -0.3 is 4.72 Å². The summed E-state index contributed by atoms with van der Waals surface area (Å²) < 4.78 is 176. The third kappa shape index (κ3) is 3.74. The normalized spacial score (nSPS) is 25.0. The largest absolute Gasteiger partial charge is 1.00 e. The molecule has 0 fully saturated rings. The van der Waals surface area contributed by atoms with Crippen LogP contribution in [0, 0.1) is 0 Å². The van der Waals surface area contributed by atoms with Crippen molar-refractivity contribution in [2.24, 2.45) is 0 Å². The van der Waals surface area contributed by atoms with Gasteiger partial charge in [-0.25, -0.2) is 47.2 Å². The first-order valence-electron chi connectivity index (χ1n) is 6.10. The molecule has 0 aromatic heterocycles. The number of rotatable bonds is 5. The number of hydrogen-bond donors (Lipinski definition) is 0. The molecule has 1 aliphatic carbocycles. The van der Waals surface area contributed by atoms with E-state index in [9.17, 15) is 60.4 Å². The first kappa shape index (κ1) is 27.3. The van der Waals surface area contributed by atoms with Crippen LogP contribution in [-0.2, 0) is 27.8 Å². The summed E-state index contributed by atoms with van der Waals surface area (Å²) in [6.07, 6.45) is -4.35. The molecule has 0 aromatic carbocycles. The van der Waals surface area contributed by atoms with Crippen LogP contribution in [0.2, 0.25) is 0 Å². The molecule has 1 aliphatic rings. The predicted octanol–water partition coefficient (Wildman–Crippen LogP) is -0.673. The van der Waals surface area contributed by atoms with Gasteiger partial charge in [0.25, 0.3) is 0 Å². The Morgan fingerprint density at radius 2 is 1.39 bits per heavy atom. The summed E-state index contributed by atoms with van der Waals surface area (Å²) in [5, 5.41) is 0. The van der Waals surface area contributed by atoms with E-state index in [4.69, 9.17) is 0 Å². The number of allylic oxidation sites excluding steroid dienone is 2. The Morgan fingerprint density at radius 3 is 1.75 bits per heavy atom. The van der Waals surface area contributed by atoms with Crippen molar-refractivity contribution in [2.75, 3.05) is 5.75 Å². The average Bonchev–Trinajstić information content (AvgIpc) is 2.53. The number of hydrogen-bond acceptors (Lipinski definition) is 6. The number of alkyl halides is 4. The Balaban J connectivity index is 0.00000729. The van der Waals surface area contributed by atoms with Gasteiger partial charge in [0.2, 0.25) is 0 Å². The molecule has 1 rings (SSSR count). The first-order valence-corrected chi connectivity index (χ1v) is 11.2. The van der Waals surface area contributed by atoms with E-state index in [1.54, 1.807) is 4.72 Å². The molecule has 0 aromatic rings. The number of sulfone groups is 1. The van der Waals surface area contributed by atoms with Crippen molar-refractivity contribution in [3.8, 4) is 0 Å². The first-order chi connectivity index (χ1) is 11.8. The van der Waals surface area contributed by atoms with Crippen molar-refractivity contribution in [1.29, 1.82) is 0 Å². The summed E-state index contributed by atoms with van der Waals surface area (Å²) >= 11 is 0. The fraction of sp³-hybridized carbons (Fsp3) is 0.556. The minimum atomic E-state index is -7.45. The molecule has 0 saturated carbocycles. The van der Waals surface area contributed by atoms with E-state index in [1.807, 2.05) is 0 Å². The Kier molecular flexibility index (Phi) is 7.68. The molecule has 158 valence electrons. The molecular formula is C9H6F8LiNO6S3. The van der Waals surface area contributed by atoms with Gasteiger partial charge >= 0.3 is 33.2 Å². The standard InChI is InChI=1S/C9H6F8NO6S3.Li/c1-2-25(19,20)8(6(13)4(11)3(10)5(12)7(8)14)18-27(23,24)26(21,22)9(15,16)17;/h6H,2H2,1H3;/q-1;+1. The molecular weight excluding hydrogens is 473 g/mol. The maximum absolute atomic E-state index is 14.1. The molecule has 0 N–H and O–H groups in total. The van der Waals surface area contributed by atoms with Crippen LogP contribution in [0.3, 0.4) is 0 Å². The molecule has 0 heterocycles. The van der Waals surface area contributed by atoms with E-state index in [0.717, 1.165) is 0 Å². The van der Waals surface area contributed by atoms with Gasteiger partial charge in [-0.2, -0.15) is 13.2 Å². The van der Waals surface area contributed by atoms with Crippen molar-refractivity contribution >= 4 is 27.8 Å². The third-order valence-electron chi connectivity index (χ3n) is 3.14. The summed E-state index contributed by atoms with van der Waals surface area (Å²) in [6, 6.07) is 0. The van der Waals surface area contributed by atoms with Crippen LogP contribution in [0.4, 0.5) is 35.1 Å². The zero-order valence-corrected chi connectivity index (χ0v) is 15.9. The zero-order valence-electron chi connectivity index (χ0n) is 13.4. The minimum absolute atomic E-state index is 0. The van der Waals surface area contributed by atoms with Crippen LogP contribution in [0.1, 0.15) is 6.92 Å². The van der Waals surface area contributed by atoms with E-state index in [-0.39, 0.29) is 18.9 Å². The SMILES string of the molecule is CCS(=O)(=O)C1([N-]S(=O)(=O)S(=O)(=O)C(F)(F)F)C(F)=C(F)C(F)=C(F)C1F.[Li+]. The maximum Gasteiger partial charge on any atom is 1.00 e. The number of halogens is 8. The van der Waals surface area contributed by atoms with Gasteiger partial charge in [-0.1, -0.05) is 6.92 Å². The molecule has 0 aliphatic heterocycles. The zero-order chi connectivity index (χ0) is 21.8. The summed E-state index contributed by atoms with van der Waals surface area (Å²) in [5.74, 6) is -14.0. The summed E-state index contributed by atoms with van der Waals surface area (Å²) in [5.41, 5.74) is -6.65. The van der Waals surface area contributed by atoms with Crippen molar-refractivity contribution in [3.63, 3.8) is 0 Å². The Labute approximate surface area is 164 Å². The van der Waals surface area contributed by atoms with Crippen molar-refractivity contribution in [1.82, 2.24) is 0 Å². The van der Waals surface area contributed by atoms with Crippen LogP contribution < -0.4 is 18.9 Å². The van der Waals surface area contributed by atoms with Gasteiger partial charge in [-0.3, -0.25) is 0 Å². The van der Waals surface area contributed by atoms with Crippen LogP contribution in [-0.4, -0.2) is 47.6 Å². The fourth-order valence-electron chi connectivity index (χ4n) is 1.74. The van der Waals surface area contributed by atoms with Gasteiger partial charge in [0.1, 0.15) is 15.7 Å². The topological polar surface area (TPSA) is 117 Å². The molecule has 2 atom stereocenters. The molecule has 2 unspecified atom stereocenters. The second-order valence-corrected chi connectivity index (χ2v) is 12.1. The van der Waals surface area contributed by atoms with E-state index in [2.05, 4.69) is 0 Å². The molecule has 0 amide bonds. The molecule has 0 bridgehead atoms. The molecule has 7 nitrogen and oxygen atoms in total. The Hall–Kier alpha value is -0.673. The minimum Gasteiger partial charge on any atom is -0.508 e. The van der Waals surface area contributed by atoms with Gasteiger partial charge in [-0.05, 0) is 0 Å². The monoisotopic (exact) mass is 479 g/mol. The number of nitrogens with zero attached hydrogens (tertiary/aromatic N) is 1. The average molecular weight is 479 g/mol. The molecule has 0 spiro atoms. The van der Waals surface area contributed by atoms with Crippen LogP contribution >= 0.6 is 0 Å². The molecule has 28 heavy (non-hydrogen) atoms. The second kappa shape index (κ2) is 7.87. The van der Waals surface area contributed by atoms with E-state index >= 15 is 0 Å². The van der Waals surface area contributed by atoms with Gasteiger partial charge in [0, 0.05) is 5.75 Å². The van der Waals surface area contributed by atoms with Gasteiger partial charge in [0.15, 0.2) is 32.7 Å². The van der Waals surface area contributed by atoms with E-state index < -0.39 is 73.4 Å². The van der Waals surface area contributed by atoms with Crippen LogP contribution in [0.15, 0.2) is 23.3 Å². The fourth-order valence-corrected chi connectivity index (χ4v) is 6.06. The third-order valence-corrected chi connectivity index (χ3v) is 9.53. The predicted molar refractivity (Wildman–Crippen MR) is 72.8 cm³/mol. The molecule has 0 saturated heterocycles. The maximum atomic E-state index is 14.1. The summed E-state index contributed by atoms with van der Waals surface area (Å²) in [7, 11) is -20.5. The Morgan fingerprint density at radius 1 is 0.964 bits per heavy atom. The van der Waals surface area contributed by atoms with E-state index in [1.165, 1.54) is 0 Å². The van der Waals surface area contributed by atoms with Crippen molar-refractivity contribution in [2.45, 2.75) is 23.5 Å². The molecule has 0 radical (unpaired) electrons. The van der Waals surface area contributed by atoms with E-state index in [0.29, 0.717) is 6.92 Å². The van der Waals surface area contributed by atoms with Gasteiger partial charge in [-0.15, -0.1) is 0 Å². The van der Waals surface area contributed by atoms with Crippen molar-refractivity contribution < 1.29 is 79.2 Å². The van der Waals surface area contributed by atoms with Crippen LogP contribution in [0.5, 0.6) is 0 Å². The smallest absolute Gasteiger partial charge is 0.508 e. The second-order valence-electron chi connectivity index (χ2n) is 4.67. The summed E-state index contributed by atoms with van der Waals surface area (Å²) in [6.45, 7) is 0.502. The van der Waals surface area contributed by atoms with Crippen molar-refractivity contribution in [3.05, 3.63) is 28.0 Å².